The summed E-state index contributed by atoms with van der Waals surface area (Å²) in [6.07, 6.45) is 1.42. The summed E-state index contributed by atoms with van der Waals surface area (Å²) in [5, 5.41) is 38.2. The van der Waals surface area contributed by atoms with E-state index in [-0.39, 0.29) is 6.61 Å². The maximum atomic E-state index is 9.80. The van der Waals surface area contributed by atoms with Gasteiger partial charge in [0.05, 0.1) is 13.2 Å². The Hall–Kier alpha value is -1.02. The first-order valence-electron chi connectivity index (χ1n) is 7.27. The van der Waals surface area contributed by atoms with Crippen molar-refractivity contribution in [3.05, 3.63) is 35.5 Å². The summed E-state index contributed by atoms with van der Waals surface area (Å²) in [5.41, 5.74) is 2.17. The van der Waals surface area contributed by atoms with Crippen LogP contribution in [0.3, 0.4) is 0 Å². The third-order valence-electron chi connectivity index (χ3n) is 3.30. The molecule has 1 aliphatic rings. The van der Waals surface area contributed by atoms with Crippen LogP contribution in [0.2, 0.25) is 0 Å². The lowest BCUT2D eigenvalue weighted by Crippen LogP contribution is -2.59. The largest absolute Gasteiger partial charge is 0.394 e. The predicted molar refractivity (Wildman–Crippen MR) is 82.0 cm³/mol. The number of rotatable bonds is 6. The molecule has 0 spiro atoms. The van der Waals surface area contributed by atoms with Gasteiger partial charge in [-0.05, 0) is 20.8 Å². The zero-order valence-corrected chi connectivity index (χ0v) is 13.2. The normalized spacial score (nSPS) is 33.2. The molecule has 0 saturated carbocycles. The average molecular weight is 314 g/mol. The van der Waals surface area contributed by atoms with Gasteiger partial charge in [-0.2, -0.15) is 0 Å². The maximum Gasteiger partial charge on any atom is 0.187 e. The van der Waals surface area contributed by atoms with E-state index in [9.17, 15) is 15.3 Å². The Kier molecular flexibility index (Phi) is 7.95. The van der Waals surface area contributed by atoms with Gasteiger partial charge in [0.2, 0.25) is 0 Å². The van der Waals surface area contributed by atoms with E-state index in [1.807, 2.05) is 39.0 Å². The van der Waals surface area contributed by atoms with Crippen LogP contribution in [-0.4, -0.2) is 64.3 Å². The topological polar surface area (TPSA) is 99.4 Å². The molecular formula is C16H26O6. The number of allylic oxidation sites excluding steroid dienone is 5. The number of hydrogen-bond acceptors (Lipinski definition) is 6. The fourth-order valence-corrected chi connectivity index (χ4v) is 1.94. The first-order chi connectivity index (χ1) is 10.4. The highest BCUT2D eigenvalue weighted by Gasteiger charge is 2.43. The van der Waals surface area contributed by atoms with E-state index in [1.165, 1.54) is 5.57 Å². The van der Waals surface area contributed by atoms with Crippen molar-refractivity contribution < 1.29 is 29.9 Å². The SMILES string of the molecule is CC(C)=C/C=C/C(C)=C/COC1O[C@H](CO)[C@@H](O)C(O)[C@H]1O. The highest BCUT2D eigenvalue weighted by molar-refractivity contribution is 5.21. The summed E-state index contributed by atoms with van der Waals surface area (Å²) < 4.78 is 10.6. The molecule has 5 atom stereocenters. The molecule has 6 heteroatoms. The Balaban J connectivity index is 2.52. The number of ether oxygens (including phenoxy) is 2. The van der Waals surface area contributed by atoms with Crippen molar-refractivity contribution >= 4 is 0 Å². The van der Waals surface area contributed by atoms with Crippen molar-refractivity contribution in [2.24, 2.45) is 0 Å². The third-order valence-corrected chi connectivity index (χ3v) is 3.30. The molecule has 126 valence electrons. The van der Waals surface area contributed by atoms with E-state index in [1.54, 1.807) is 6.08 Å². The van der Waals surface area contributed by atoms with E-state index in [2.05, 4.69) is 0 Å². The second-order valence-corrected chi connectivity index (χ2v) is 5.58. The minimum atomic E-state index is -1.42. The summed E-state index contributed by atoms with van der Waals surface area (Å²) in [4.78, 5) is 0. The van der Waals surface area contributed by atoms with Crippen molar-refractivity contribution in [2.45, 2.75) is 51.5 Å². The van der Waals surface area contributed by atoms with E-state index in [0.29, 0.717) is 0 Å². The van der Waals surface area contributed by atoms with Crippen molar-refractivity contribution in [1.29, 1.82) is 0 Å². The van der Waals surface area contributed by atoms with Crippen LogP contribution in [0.15, 0.2) is 35.5 Å². The van der Waals surface area contributed by atoms with Crippen LogP contribution in [0.4, 0.5) is 0 Å². The van der Waals surface area contributed by atoms with Crippen LogP contribution in [0.5, 0.6) is 0 Å². The second-order valence-electron chi connectivity index (χ2n) is 5.58. The summed E-state index contributed by atoms with van der Waals surface area (Å²) >= 11 is 0. The first kappa shape index (κ1) is 19.0. The third kappa shape index (κ3) is 5.64. The van der Waals surface area contributed by atoms with Crippen LogP contribution in [0.1, 0.15) is 20.8 Å². The molecule has 0 aliphatic carbocycles. The molecule has 1 aliphatic heterocycles. The van der Waals surface area contributed by atoms with Crippen molar-refractivity contribution in [3.63, 3.8) is 0 Å². The molecule has 0 radical (unpaired) electrons. The van der Waals surface area contributed by atoms with E-state index >= 15 is 0 Å². The lowest BCUT2D eigenvalue weighted by molar-refractivity contribution is -0.298. The molecule has 2 unspecified atom stereocenters. The van der Waals surface area contributed by atoms with Crippen molar-refractivity contribution in [2.75, 3.05) is 13.2 Å². The Morgan fingerprint density at radius 1 is 1.09 bits per heavy atom. The zero-order valence-electron chi connectivity index (χ0n) is 13.2. The first-order valence-corrected chi connectivity index (χ1v) is 7.27. The van der Waals surface area contributed by atoms with Gasteiger partial charge in [-0.3, -0.25) is 0 Å². The van der Waals surface area contributed by atoms with Gasteiger partial charge in [0.15, 0.2) is 6.29 Å². The fourth-order valence-electron chi connectivity index (χ4n) is 1.94. The van der Waals surface area contributed by atoms with Crippen LogP contribution in [0.25, 0.3) is 0 Å². The molecule has 0 aromatic heterocycles. The van der Waals surface area contributed by atoms with Crippen LogP contribution in [-0.2, 0) is 9.47 Å². The lowest BCUT2D eigenvalue weighted by atomic mass is 9.99. The lowest BCUT2D eigenvalue weighted by Gasteiger charge is -2.39. The van der Waals surface area contributed by atoms with Crippen LogP contribution >= 0.6 is 0 Å². The minimum absolute atomic E-state index is 0.174. The van der Waals surface area contributed by atoms with Gasteiger partial charge in [0.1, 0.15) is 24.4 Å². The molecule has 4 N–H and O–H groups in total. The van der Waals surface area contributed by atoms with Crippen LogP contribution < -0.4 is 0 Å². The van der Waals surface area contributed by atoms with Crippen molar-refractivity contribution in [3.8, 4) is 0 Å². The Bertz CT molecular complexity index is 422. The molecule has 1 saturated heterocycles. The van der Waals surface area contributed by atoms with Crippen LogP contribution in [0, 0.1) is 0 Å². The molecule has 0 amide bonds. The Morgan fingerprint density at radius 2 is 1.77 bits per heavy atom. The standard InChI is InChI=1S/C16H26O6/c1-10(2)5-4-6-11(3)7-8-21-16-15(20)14(19)13(18)12(9-17)22-16/h4-7,12-20H,8-9H2,1-3H3/b6-4+,11-7+/t12-,13-,14?,15-,16?/m1/s1. The molecule has 1 heterocycles. The number of hydrogen-bond donors (Lipinski definition) is 4. The molecule has 1 rings (SSSR count). The van der Waals surface area contributed by atoms with Gasteiger partial charge in [0.25, 0.3) is 0 Å². The average Bonchev–Trinajstić information content (AvgIpc) is 2.47. The zero-order chi connectivity index (χ0) is 16.7. The van der Waals surface area contributed by atoms with Gasteiger partial charge in [-0.1, -0.05) is 35.5 Å². The highest BCUT2D eigenvalue weighted by atomic mass is 16.7. The second kappa shape index (κ2) is 9.19. The van der Waals surface area contributed by atoms with Gasteiger partial charge >= 0.3 is 0 Å². The smallest absolute Gasteiger partial charge is 0.187 e. The summed E-state index contributed by atoms with van der Waals surface area (Å²) in [5.74, 6) is 0. The van der Waals surface area contributed by atoms with E-state index in [0.717, 1.165) is 5.57 Å². The Labute approximate surface area is 131 Å². The minimum Gasteiger partial charge on any atom is -0.394 e. The molecule has 1 fully saturated rings. The molecule has 22 heavy (non-hydrogen) atoms. The summed E-state index contributed by atoms with van der Waals surface area (Å²) in [7, 11) is 0. The van der Waals surface area contributed by atoms with Gasteiger partial charge in [-0.25, -0.2) is 0 Å². The van der Waals surface area contributed by atoms with E-state index in [4.69, 9.17) is 14.6 Å². The Morgan fingerprint density at radius 3 is 2.36 bits per heavy atom. The fraction of sp³-hybridized carbons (Fsp3) is 0.625. The number of aliphatic hydroxyl groups is 4. The number of aliphatic hydroxyl groups excluding tert-OH is 4. The predicted octanol–water partition coefficient (Wildman–Crippen LogP) is 0.272. The molecule has 0 bridgehead atoms. The molecule has 0 aromatic carbocycles. The highest BCUT2D eigenvalue weighted by Crippen LogP contribution is 2.21. The van der Waals surface area contributed by atoms with Crippen molar-refractivity contribution in [1.82, 2.24) is 0 Å². The quantitative estimate of drug-likeness (QED) is 0.525. The summed E-state index contributed by atoms with van der Waals surface area (Å²) in [6, 6.07) is 0. The monoisotopic (exact) mass is 314 g/mol. The molecule has 6 nitrogen and oxygen atoms in total. The van der Waals surface area contributed by atoms with Gasteiger partial charge in [-0.15, -0.1) is 0 Å². The van der Waals surface area contributed by atoms with Gasteiger partial charge < -0.3 is 29.9 Å². The maximum absolute atomic E-state index is 9.80. The van der Waals surface area contributed by atoms with E-state index < -0.39 is 37.3 Å². The summed E-state index contributed by atoms with van der Waals surface area (Å²) in [6.45, 7) is 5.63. The molecular weight excluding hydrogens is 288 g/mol. The molecule has 0 aromatic rings. The van der Waals surface area contributed by atoms with Gasteiger partial charge in [0, 0.05) is 0 Å².